The van der Waals surface area contributed by atoms with Crippen LogP contribution in [0.5, 0.6) is 11.5 Å². The highest BCUT2D eigenvalue weighted by molar-refractivity contribution is 5.90. The predicted molar refractivity (Wildman–Crippen MR) is 141 cm³/mol. The monoisotopic (exact) mass is 490 g/mol. The number of phenols is 1. The molecule has 1 spiro atoms. The zero-order valence-electron chi connectivity index (χ0n) is 20.8. The minimum atomic E-state index is -0.979. The van der Waals surface area contributed by atoms with Crippen LogP contribution in [0.4, 0.5) is 0 Å². The number of benzene rings is 3. The van der Waals surface area contributed by atoms with Crippen LogP contribution < -0.4 is 4.74 Å². The molecule has 0 unspecified atom stereocenters. The van der Waals surface area contributed by atoms with Gasteiger partial charge in [0, 0.05) is 43.0 Å². The number of aryl methyl sites for hydroxylation is 2. The van der Waals surface area contributed by atoms with Crippen LogP contribution in [-0.2, 0) is 37.8 Å². The lowest BCUT2D eigenvalue weighted by atomic mass is 9.49. The van der Waals surface area contributed by atoms with E-state index in [-0.39, 0.29) is 17.9 Å². The number of fused-ring (bicyclic) bond motifs is 4. The highest BCUT2D eigenvalue weighted by Gasteiger charge is 2.73. The minimum Gasteiger partial charge on any atom is -0.504 e. The number of rotatable bonds is 2. The van der Waals surface area contributed by atoms with Crippen LogP contribution in [-0.4, -0.2) is 37.9 Å². The summed E-state index contributed by atoms with van der Waals surface area (Å²) in [5.74, 6) is 0.810. The molecule has 0 amide bonds. The standard InChI is InChI=1S/C32H30N2O3/c35-24-12-11-21-16-25-32(36)17-23-22-10-4-8-20-9-5-14-34(27(20)22)28(23)30-31(32,26(21)29(24)37-30)13-15-33(25)18-19-6-2-1-3-7-19/h1-4,6-8,10-12,25,30,35-36H,5,9,13-18H2/t25-,30+,31+,32-/m1/s1. The maximum Gasteiger partial charge on any atom is 0.166 e. The number of hydrogen-bond donors (Lipinski definition) is 2. The van der Waals surface area contributed by atoms with Gasteiger partial charge in [-0.3, -0.25) is 4.90 Å². The topological polar surface area (TPSA) is 57.9 Å². The molecule has 5 aliphatic rings. The Balaban J connectivity index is 1.32. The summed E-state index contributed by atoms with van der Waals surface area (Å²) in [7, 11) is 0. The summed E-state index contributed by atoms with van der Waals surface area (Å²) in [6.45, 7) is 2.71. The first-order valence-corrected chi connectivity index (χ1v) is 13.8. The molecular formula is C32H30N2O3. The number of hydrogen-bond acceptors (Lipinski definition) is 4. The third kappa shape index (κ3) is 2.31. The molecule has 3 aromatic carbocycles. The molecule has 0 radical (unpaired) electrons. The average Bonchev–Trinajstić information content (AvgIpc) is 3.42. The number of para-hydroxylation sites is 1. The van der Waals surface area contributed by atoms with Crippen molar-refractivity contribution in [1.82, 2.24) is 9.47 Å². The van der Waals surface area contributed by atoms with Gasteiger partial charge in [0.25, 0.3) is 0 Å². The maximum absolute atomic E-state index is 13.1. The molecule has 9 rings (SSSR count). The van der Waals surface area contributed by atoms with Gasteiger partial charge in [-0.25, -0.2) is 0 Å². The molecule has 1 aromatic heterocycles. The Morgan fingerprint density at radius 3 is 2.76 bits per heavy atom. The third-order valence-electron chi connectivity index (χ3n) is 10.4. The molecule has 186 valence electrons. The fourth-order valence-corrected chi connectivity index (χ4v) is 9.00. The van der Waals surface area contributed by atoms with Crippen LogP contribution in [0.1, 0.15) is 52.5 Å². The van der Waals surface area contributed by atoms with E-state index in [4.69, 9.17) is 4.74 Å². The normalized spacial score (nSPS) is 30.6. The first kappa shape index (κ1) is 20.7. The Labute approximate surface area is 215 Å². The molecule has 4 atom stereocenters. The van der Waals surface area contributed by atoms with Gasteiger partial charge in [-0.1, -0.05) is 54.6 Å². The lowest BCUT2D eigenvalue weighted by Crippen LogP contribution is -2.74. The fraction of sp³-hybridized carbons (Fsp3) is 0.375. The number of nitrogens with zero attached hydrogens (tertiary/aromatic N) is 2. The van der Waals surface area contributed by atoms with E-state index in [0.717, 1.165) is 50.9 Å². The van der Waals surface area contributed by atoms with Crippen molar-refractivity contribution in [3.8, 4) is 11.5 Å². The van der Waals surface area contributed by atoms with Gasteiger partial charge in [-0.15, -0.1) is 0 Å². The van der Waals surface area contributed by atoms with Gasteiger partial charge >= 0.3 is 0 Å². The molecule has 37 heavy (non-hydrogen) atoms. The number of piperidine rings is 1. The molecular weight excluding hydrogens is 460 g/mol. The smallest absolute Gasteiger partial charge is 0.166 e. The number of aromatic nitrogens is 1. The summed E-state index contributed by atoms with van der Waals surface area (Å²) < 4.78 is 9.35. The fourth-order valence-electron chi connectivity index (χ4n) is 9.00. The van der Waals surface area contributed by atoms with Gasteiger partial charge in [0.05, 0.1) is 22.2 Å². The maximum atomic E-state index is 13.1. The van der Waals surface area contributed by atoms with Crippen molar-refractivity contribution in [1.29, 1.82) is 0 Å². The zero-order chi connectivity index (χ0) is 24.5. The number of likely N-dealkylation sites (tertiary alicyclic amines) is 1. The molecule has 5 nitrogen and oxygen atoms in total. The SMILES string of the molecule is Oc1ccc2c3c1O[C@H]1c4c(c5cccc6c5n4CCC6)C[C@@]4(O)[C@@H](C2)N(Cc2ccccc2)CC[C@]314. The van der Waals surface area contributed by atoms with Crippen molar-refractivity contribution in [2.45, 2.75) is 68.4 Å². The van der Waals surface area contributed by atoms with Crippen molar-refractivity contribution >= 4 is 10.9 Å². The molecule has 4 aromatic rings. The Morgan fingerprint density at radius 1 is 0.973 bits per heavy atom. The second-order valence-electron chi connectivity index (χ2n) is 11.9. The lowest BCUT2D eigenvalue weighted by molar-refractivity contribution is -0.175. The van der Waals surface area contributed by atoms with Gasteiger partial charge in [0.2, 0.25) is 0 Å². The van der Waals surface area contributed by atoms with E-state index in [1.54, 1.807) is 6.07 Å². The van der Waals surface area contributed by atoms with E-state index in [2.05, 4.69) is 64.1 Å². The number of aliphatic hydroxyl groups is 1. The van der Waals surface area contributed by atoms with Crippen LogP contribution in [0.3, 0.4) is 0 Å². The molecule has 2 aliphatic carbocycles. The quantitative estimate of drug-likeness (QED) is 0.425. The van der Waals surface area contributed by atoms with Gasteiger partial charge in [0.15, 0.2) is 17.6 Å². The van der Waals surface area contributed by atoms with Crippen molar-refractivity contribution in [2.24, 2.45) is 0 Å². The average molecular weight is 491 g/mol. The highest BCUT2D eigenvalue weighted by atomic mass is 16.5. The Kier molecular flexibility index (Phi) is 3.80. The summed E-state index contributed by atoms with van der Waals surface area (Å²) in [6.07, 6.45) is 4.13. The number of ether oxygens (including phenoxy) is 1. The number of aromatic hydroxyl groups is 1. The number of phenolic OH excluding ortho intramolecular Hbond substituents is 1. The van der Waals surface area contributed by atoms with Crippen molar-refractivity contribution in [2.75, 3.05) is 6.54 Å². The predicted octanol–water partition coefficient (Wildman–Crippen LogP) is 4.78. The van der Waals surface area contributed by atoms with Gasteiger partial charge < -0.3 is 19.5 Å². The van der Waals surface area contributed by atoms with Gasteiger partial charge in [-0.05, 0) is 54.0 Å². The molecule has 0 saturated carbocycles. The van der Waals surface area contributed by atoms with E-state index in [1.807, 2.05) is 0 Å². The first-order chi connectivity index (χ1) is 18.1. The van der Waals surface area contributed by atoms with Crippen LogP contribution in [0.25, 0.3) is 10.9 Å². The molecule has 4 heterocycles. The molecule has 3 aliphatic heterocycles. The van der Waals surface area contributed by atoms with Crippen LogP contribution in [0.2, 0.25) is 0 Å². The Bertz CT molecular complexity index is 1620. The van der Waals surface area contributed by atoms with Gasteiger partial charge in [0.1, 0.15) is 0 Å². The van der Waals surface area contributed by atoms with Gasteiger partial charge in [-0.2, -0.15) is 0 Å². The zero-order valence-corrected chi connectivity index (χ0v) is 20.8. The summed E-state index contributed by atoms with van der Waals surface area (Å²) in [6, 6.07) is 21.2. The minimum absolute atomic E-state index is 0.0181. The van der Waals surface area contributed by atoms with Crippen molar-refractivity contribution < 1.29 is 14.9 Å². The molecule has 1 saturated heterocycles. The van der Waals surface area contributed by atoms with Crippen LogP contribution in [0.15, 0.2) is 60.7 Å². The van der Waals surface area contributed by atoms with Crippen molar-refractivity contribution in [3.05, 3.63) is 94.2 Å². The Hall–Kier alpha value is -3.28. The van der Waals surface area contributed by atoms with E-state index < -0.39 is 11.0 Å². The van der Waals surface area contributed by atoms with E-state index in [0.29, 0.717) is 12.2 Å². The lowest BCUT2D eigenvalue weighted by Gasteiger charge is -2.63. The third-order valence-corrected chi connectivity index (χ3v) is 10.4. The van der Waals surface area contributed by atoms with E-state index in [1.165, 1.54) is 38.9 Å². The summed E-state index contributed by atoms with van der Waals surface area (Å²) >= 11 is 0. The molecule has 2 N–H and O–H groups in total. The van der Waals surface area contributed by atoms with E-state index >= 15 is 0 Å². The second-order valence-corrected chi connectivity index (χ2v) is 11.9. The van der Waals surface area contributed by atoms with Crippen LogP contribution >= 0.6 is 0 Å². The summed E-state index contributed by atoms with van der Waals surface area (Å²) in [4.78, 5) is 2.51. The summed E-state index contributed by atoms with van der Waals surface area (Å²) in [5.41, 5.74) is 7.28. The second kappa shape index (κ2) is 6.77. The highest BCUT2D eigenvalue weighted by Crippen LogP contribution is 2.69. The summed E-state index contributed by atoms with van der Waals surface area (Å²) in [5, 5.41) is 25.4. The largest absolute Gasteiger partial charge is 0.504 e. The van der Waals surface area contributed by atoms with E-state index in [9.17, 15) is 10.2 Å². The molecule has 1 fully saturated rings. The van der Waals surface area contributed by atoms with Crippen molar-refractivity contribution in [3.63, 3.8) is 0 Å². The van der Waals surface area contributed by atoms with Crippen LogP contribution in [0, 0.1) is 0 Å². The molecule has 2 bridgehead atoms. The Morgan fingerprint density at radius 2 is 1.86 bits per heavy atom. The first-order valence-electron chi connectivity index (χ1n) is 13.8. The molecule has 5 heteroatoms.